The lowest BCUT2D eigenvalue weighted by molar-refractivity contribution is -0.136. The molecule has 13 heteroatoms. The zero-order chi connectivity index (χ0) is 28.5. The van der Waals surface area contributed by atoms with E-state index in [1.807, 2.05) is 26.0 Å². The maximum absolute atomic E-state index is 12.4. The van der Waals surface area contributed by atoms with Crippen molar-refractivity contribution < 1.29 is 33.6 Å². The number of allylic oxidation sites excluding steroid dienone is 1. The predicted octanol–water partition coefficient (Wildman–Crippen LogP) is 3.97. The molecule has 39 heavy (non-hydrogen) atoms. The molecule has 0 saturated heterocycles. The maximum atomic E-state index is 12.4. The van der Waals surface area contributed by atoms with Crippen LogP contribution in [0.1, 0.15) is 37.9 Å². The number of hydrogen-bond acceptors (Lipinski definition) is 9. The molecule has 1 aliphatic heterocycles. The van der Waals surface area contributed by atoms with E-state index in [0.29, 0.717) is 41.7 Å². The fourth-order valence-electron chi connectivity index (χ4n) is 3.79. The Morgan fingerprint density at radius 2 is 1.95 bits per heavy atom. The Balaban J connectivity index is 1.72. The maximum Gasteiger partial charge on any atom is 0.337 e. The fourth-order valence-corrected chi connectivity index (χ4v) is 5.49. The van der Waals surface area contributed by atoms with E-state index in [2.05, 4.69) is 59.7 Å². The largest absolute Gasteiger partial charge is 0.492 e. The normalized spacial score (nSPS) is 15.9. The zero-order valence-corrected chi connectivity index (χ0v) is 25.6. The van der Waals surface area contributed by atoms with E-state index >= 15 is 0 Å². The minimum Gasteiger partial charge on any atom is -0.492 e. The minimum absolute atomic E-state index is 0.137. The summed E-state index contributed by atoms with van der Waals surface area (Å²) in [5.41, 5.74) is 4.64. The molecule has 0 fully saturated rings. The quantitative estimate of drug-likeness (QED) is 0.0851. The van der Waals surface area contributed by atoms with E-state index < -0.39 is 24.3 Å². The fraction of sp³-hybridized carbons (Fsp3) is 0.346. The Hall–Kier alpha value is -3.04. The van der Waals surface area contributed by atoms with Crippen LogP contribution in [-0.2, 0) is 9.53 Å². The van der Waals surface area contributed by atoms with E-state index in [1.54, 1.807) is 31.3 Å². The Bertz CT molecular complexity index is 1270. The number of halogens is 2. The molecular weight excluding hydrogens is 687 g/mol. The van der Waals surface area contributed by atoms with Crippen LogP contribution in [0.4, 0.5) is 4.79 Å². The number of nitrogens with one attached hydrogen (secondary N) is 3. The number of hydrazone groups is 1. The lowest BCUT2D eigenvalue weighted by atomic mass is 9.95. The second-order valence-corrected chi connectivity index (χ2v) is 10.2. The second kappa shape index (κ2) is 14.4. The summed E-state index contributed by atoms with van der Waals surface area (Å²) in [7, 11) is 1.28. The summed E-state index contributed by atoms with van der Waals surface area (Å²) < 4.78 is 23.9. The molecule has 3 rings (SSSR count). The number of urea groups is 1. The molecule has 1 heterocycles. The number of nitrogens with zero attached hydrogens (tertiary/aromatic N) is 1. The first-order chi connectivity index (χ1) is 18.7. The van der Waals surface area contributed by atoms with E-state index in [0.717, 1.165) is 13.6 Å². The highest BCUT2D eigenvalue weighted by atomic mass is 127. The van der Waals surface area contributed by atoms with Gasteiger partial charge in [0, 0.05) is 15.7 Å². The van der Waals surface area contributed by atoms with Crippen molar-refractivity contribution in [2.45, 2.75) is 33.0 Å². The summed E-state index contributed by atoms with van der Waals surface area (Å²) in [6.45, 7) is 6.06. The van der Waals surface area contributed by atoms with E-state index in [1.165, 1.54) is 7.11 Å². The second-order valence-electron chi connectivity index (χ2n) is 8.15. The minimum atomic E-state index is -1.13. The van der Waals surface area contributed by atoms with Gasteiger partial charge >= 0.3 is 12.0 Å². The Morgan fingerprint density at radius 3 is 2.64 bits per heavy atom. The zero-order valence-electron chi connectivity index (χ0n) is 21.8. The summed E-state index contributed by atoms with van der Waals surface area (Å²) in [4.78, 5) is 24.5. The first-order valence-electron chi connectivity index (χ1n) is 12.0. The number of esters is 1. The molecular formula is C26H30BrIN4O7. The molecule has 1 aliphatic rings. The van der Waals surface area contributed by atoms with Gasteiger partial charge in [-0.2, -0.15) is 5.10 Å². The van der Waals surface area contributed by atoms with Gasteiger partial charge in [0.1, 0.15) is 12.4 Å². The third-order valence-corrected chi connectivity index (χ3v) is 6.68. The molecule has 0 aliphatic carbocycles. The lowest BCUT2D eigenvalue weighted by Gasteiger charge is -2.28. The summed E-state index contributed by atoms with van der Waals surface area (Å²) in [5, 5.41) is 19.8. The van der Waals surface area contributed by atoms with Crippen molar-refractivity contribution >= 4 is 56.7 Å². The van der Waals surface area contributed by atoms with Crippen molar-refractivity contribution in [3.63, 3.8) is 0 Å². The number of aliphatic hydroxyl groups is 1. The third-order valence-electron chi connectivity index (χ3n) is 5.43. The first-order valence-corrected chi connectivity index (χ1v) is 13.9. The Labute approximate surface area is 248 Å². The molecule has 2 aromatic carbocycles. The van der Waals surface area contributed by atoms with Gasteiger partial charge < -0.3 is 34.7 Å². The van der Waals surface area contributed by atoms with E-state index in [-0.39, 0.29) is 12.2 Å². The van der Waals surface area contributed by atoms with Crippen LogP contribution < -0.4 is 30.3 Å². The Morgan fingerprint density at radius 1 is 1.21 bits per heavy atom. The van der Waals surface area contributed by atoms with Crippen LogP contribution in [-0.4, -0.2) is 56.5 Å². The molecule has 4 N–H and O–H groups in total. The summed E-state index contributed by atoms with van der Waals surface area (Å²) in [6, 6.07) is 7.64. The lowest BCUT2D eigenvalue weighted by Crippen LogP contribution is -2.45. The summed E-state index contributed by atoms with van der Waals surface area (Å²) >= 11 is 5.65. The molecule has 11 nitrogen and oxygen atoms in total. The molecule has 0 aromatic heterocycles. The van der Waals surface area contributed by atoms with Gasteiger partial charge in [0.05, 0.1) is 41.7 Å². The summed E-state index contributed by atoms with van der Waals surface area (Å²) in [6.07, 6.45) is 0.431. The number of ether oxygens (including phenoxy) is 4. The van der Waals surface area contributed by atoms with Crippen LogP contribution in [0.25, 0.3) is 0 Å². The molecule has 2 aromatic rings. The Kier molecular flexibility index (Phi) is 11.2. The molecule has 0 spiro atoms. The van der Waals surface area contributed by atoms with Crippen molar-refractivity contribution in [2.75, 3.05) is 26.9 Å². The highest BCUT2D eigenvalue weighted by Gasteiger charge is 2.32. The first kappa shape index (κ1) is 30.5. The van der Waals surface area contributed by atoms with Crippen molar-refractivity contribution in [3.05, 3.63) is 60.8 Å². The third kappa shape index (κ3) is 7.99. The van der Waals surface area contributed by atoms with Gasteiger partial charge in [-0.1, -0.05) is 22.0 Å². The SMILES string of the molecule is CCOc1cc([C@@H]2NC(=O)NC(C)=C2C(=O)OC)ccc1OC[C@@H](O)N/N=C/c1cc(Br)cc(I)c1OCC. The standard InChI is InChI=1S/C26H30BrIN4O7/c1-5-37-20-10-15(23-22(25(34)36-4)14(3)30-26(35)31-23)7-8-19(20)39-13-21(33)32-29-12-16-9-17(27)11-18(28)24(16)38-6-2/h7-12,21,23,32-33H,5-6,13H2,1-4H3,(H2,30,31,35)/b29-12+/t21-,23+/m1/s1. The number of carbonyl (C=O) groups is 2. The number of methoxy groups -OCH3 is 1. The van der Waals surface area contributed by atoms with E-state index in [9.17, 15) is 14.7 Å². The van der Waals surface area contributed by atoms with Crippen LogP contribution in [0, 0.1) is 3.57 Å². The van der Waals surface area contributed by atoms with Gasteiger partial charge in [0.2, 0.25) is 0 Å². The average molecular weight is 717 g/mol. The van der Waals surface area contributed by atoms with Gasteiger partial charge in [-0.25, -0.2) is 9.59 Å². The molecule has 2 amide bonds. The highest BCUT2D eigenvalue weighted by molar-refractivity contribution is 14.1. The highest BCUT2D eigenvalue weighted by Crippen LogP contribution is 2.35. The van der Waals surface area contributed by atoms with Crippen LogP contribution in [0.3, 0.4) is 0 Å². The van der Waals surface area contributed by atoms with Gasteiger partial charge in [0.15, 0.2) is 17.7 Å². The monoisotopic (exact) mass is 716 g/mol. The molecule has 2 atom stereocenters. The van der Waals surface area contributed by atoms with Crippen LogP contribution in [0.5, 0.6) is 17.2 Å². The number of amides is 2. The van der Waals surface area contributed by atoms with Gasteiger partial charge in [0.25, 0.3) is 0 Å². The summed E-state index contributed by atoms with van der Waals surface area (Å²) in [5.74, 6) is 0.880. The van der Waals surface area contributed by atoms with Gasteiger partial charge in [-0.15, -0.1) is 0 Å². The number of carbonyl (C=O) groups excluding carboxylic acids is 2. The van der Waals surface area contributed by atoms with Crippen LogP contribution in [0.15, 0.2) is 51.2 Å². The molecule has 0 bridgehead atoms. The molecule has 0 radical (unpaired) electrons. The number of aliphatic hydroxyl groups excluding tert-OH is 1. The number of rotatable bonds is 12. The molecule has 210 valence electrons. The van der Waals surface area contributed by atoms with Crippen LogP contribution >= 0.6 is 38.5 Å². The smallest absolute Gasteiger partial charge is 0.337 e. The van der Waals surface area contributed by atoms with Crippen molar-refractivity contribution in [2.24, 2.45) is 5.10 Å². The van der Waals surface area contributed by atoms with E-state index in [4.69, 9.17) is 18.9 Å². The van der Waals surface area contributed by atoms with Crippen LogP contribution in [0.2, 0.25) is 0 Å². The molecule has 0 saturated carbocycles. The van der Waals surface area contributed by atoms with Crippen molar-refractivity contribution in [1.29, 1.82) is 0 Å². The van der Waals surface area contributed by atoms with Gasteiger partial charge in [-0.3, -0.25) is 5.43 Å². The number of hydrogen-bond donors (Lipinski definition) is 4. The van der Waals surface area contributed by atoms with Crippen molar-refractivity contribution in [1.82, 2.24) is 16.1 Å². The topological polar surface area (TPSA) is 140 Å². The van der Waals surface area contributed by atoms with Crippen molar-refractivity contribution in [3.8, 4) is 17.2 Å². The predicted molar refractivity (Wildman–Crippen MR) is 157 cm³/mol. The van der Waals surface area contributed by atoms with Gasteiger partial charge in [-0.05, 0) is 73.2 Å². The average Bonchev–Trinajstić information content (AvgIpc) is 2.89. The molecule has 0 unspecified atom stereocenters. The number of benzene rings is 2.